The quantitative estimate of drug-likeness (QED) is 0.529. The molecule has 1 N–H and O–H groups in total. The number of aromatic nitrogens is 3. The van der Waals surface area contributed by atoms with Gasteiger partial charge in [0.05, 0.1) is 19.7 Å². The molecule has 10 heteroatoms. The van der Waals surface area contributed by atoms with Gasteiger partial charge in [-0.25, -0.2) is 9.97 Å². The lowest BCUT2D eigenvalue weighted by molar-refractivity contribution is 0.297. The Bertz CT molecular complexity index is 1260. The van der Waals surface area contributed by atoms with Crippen molar-refractivity contribution in [2.24, 2.45) is 0 Å². The van der Waals surface area contributed by atoms with Crippen LogP contribution in [0.5, 0.6) is 11.5 Å². The van der Waals surface area contributed by atoms with Crippen LogP contribution in [0, 0.1) is 22.7 Å². The summed E-state index contributed by atoms with van der Waals surface area (Å²) in [7, 11) is 3.19. The number of hydrogen-bond donors (Lipinski definition) is 1. The molecule has 34 heavy (non-hydrogen) atoms. The zero-order valence-corrected chi connectivity index (χ0v) is 19.0. The van der Waals surface area contributed by atoms with Crippen LogP contribution in [-0.2, 0) is 6.54 Å². The number of rotatable bonds is 7. The lowest BCUT2D eigenvalue weighted by Crippen LogP contribution is -2.48. The third kappa shape index (κ3) is 4.62. The Balaban J connectivity index is 1.54. The third-order valence-corrected chi connectivity index (χ3v) is 5.68. The van der Waals surface area contributed by atoms with Gasteiger partial charge in [0, 0.05) is 56.6 Å². The van der Waals surface area contributed by atoms with E-state index in [4.69, 9.17) is 9.47 Å². The predicted molar refractivity (Wildman–Crippen MR) is 126 cm³/mol. The topological polar surface area (TPSA) is 123 Å². The van der Waals surface area contributed by atoms with Crippen molar-refractivity contribution in [1.82, 2.24) is 25.2 Å². The standard InChI is InChI=1S/C24H24N8O2/c1-33-21-11-19-20(12-22(21)34-2)29-16-30-24(19)32-9-7-31(8-10-32)23(18(13-25)14-26)28-15-17-3-5-27-6-4-17/h3-6,11-12,16,28H,7-10,15H2,1-2H3. The van der Waals surface area contributed by atoms with Gasteiger partial charge in [-0.05, 0) is 23.8 Å². The van der Waals surface area contributed by atoms with Crippen LogP contribution in [0.15, 0.2) is 54.4 Å². The first-order valence-corrected chi connectivity index (χ1v) is 10.7. The normalized spacial score (nSPS) is 13.1. The van der Waals surface area contributed by atoms with E-state index in [1.165, 1.54) is 0 Å². The lowest BCUT2D eigenvalue weighted by Gasteiger charge is -2.38. The molecule has 1 saturated heterocycles. The number of nitriles is 2. The zero-order chi connectivity index (χ0) is 23.9. The van der Waals surface area contributed by atoms with Gasteiger partial charge in [-0.1, -0.05) is 0 Å². The van der Waals surface area contributed by atoms with Crippen molar-refractivity contribution in [3.8, 4) is 23.6 Å². The molecule has 0 amide bonds. The summed E-state index contributed by atoms with van der Waals surface area (Å²) in [5.74, 6) is 2.57. The summed E-state index contributed by atoms with van der Waals surface area (Å²) in [4.78, 5) is 17.2. The fourth-order valence-electron chi connectivity index (χ4n) is 3.94. The molecular formula is C24H24N8O2. The number of hydrogen-bond acceptors (Lipinski definition) is 10. The molecule has 1 aromatic carbocycles. The van der Waals surface area contributed by atoms with Crippen molar-refractivity contribution in [1.29, 1.82) is 10.5 Å². The summed E-state index contributed by atoms with van der Waals surface area (Å²) in [6.45, 7) is 3.04. The molecule has 10 nitrogen and oxygen atoms in total. The molecule has 2 aromatic heterocycles. The van der Waals surface area contributed by atoms with Crippen LogP contribution in [0.3, 0.4) is 0 Å². The fourth-order valence-corrected chi connectivity index (χ4v) is 3.94. The highest BCUT2D eigenvalue weighted by atomic mass is 16.5. The van der Waals surface area contributed by atoms with E-state index in [1.807, 2.05) is 41.3 Å². The molecule has 0 unspecified atom stereocenters. The van der Waals surface area contributed by atoms with Gasteiger partial charge in [0.25, 0.3) is 0 Å². The lowest BCUT2D eigenvalue weighted by atomic mass is 10.1. The molecule has 0 bridgehead atoms. The molecule has 1 aliphatic heterocycles. The minimum absolute atomic E-state index is 0.0619. The Morgan fingerprint density at radius 3 is 2.32 bits per heavy atom. The van der Waals surface area contributed by atoms with Gasteiger partial charge < -0.3 is 24.6 Å². The molecule has 3 aromatic rings. The Morgan fingerprint density at radius 2 is 1.68 bits per heavy atom. The van der Waals surface area contributed by atoms with Crippen LogP contribution in [0.1, 0.15) is 5.56 Å². The van der Waals surface area contributed by atoms with Crippen LogP contribution in [0.2, 0.25) is 0 Å². The Kier molecular flexibility index (Phi) is 6.89. The van der Waals surface area contributed by atoms with E-state index in [1.54, 1.807) is 32.9 Å². The van der Waals surface area contributed by atoms with E-state index in [-0.39, 0.29) is 5.57 Å². The second kappa shape index (κ2) is 10.4. The van der Waals surface area contributed by atoms with Crippen molar-refractivity contribution >= 4 is 16.7 Å². The summed E-state index contributed by atoms with van der Waals surface area (Å²) in [6.07, 6.45) is 4.97. The average Bonchev–Trinajstić information content (AvgIpc) is 2.90. The SMILES string of the molecule is COc1cc2ncnc(N3CCN(C(NCc4ccncc4)=C(C#N)C#N)CC3)c2cc1OC. The van der Waals surface area contributed by atoms with Gasteiger partial charge in [0.1, 0.15) is 30.1 Å². The van der Waals surface area contributed by atoms with Crippen LogP contribution in [-0.4, -0.2) is 60.3 Å². The van der Waals surface area contributed by atoms with Gasteiger partial charge in [0.15, 0.2) is 17.1 Å². The Labute approximate surface area is 197 Å². The first-order valence-electron chi connectivity index (χ1n) is 10.7. The van der Waals surface area contributed by atoms with Crippen molar-refractivity contribution in [3.05, 3.63) is 59.9 Å². The number of allylic oxidation sites excluding steroid dienone is 1. The van der Waals surface area contributed by atoms with Gasteiger partial charge >= 0.3 is 0 Å². The van der Waals surface area contributed by atoms with E-state index >= 15 is 0 Å². The highest BCUT2D eigenvalue weighted by Crippen LogP contribution is 2.35. The number of pyridine rings is 1. The summed E-state index contributed by atoms with van der Waals surface area (Å²) in [5.41, 5.74) is 1.84. The molecule has 0 radical (unpaired) electrons. The van der Waals surface area contributed by atoms with Crippen LogP contribution in [0.4, 0.5) is 5.82 Å². The minimum Gasteiger partial charge on any atom is -0.493 e. The number of anilines is 1. The molecule has 1 fully saturated rings. The van der Waals surface area contributed by atoms with Crippen LogP contribution < -0.4 is 19.7 Å². The Morgan fingerprint density at radius 1 is 1.00 bits per heavy atom. The maximum absolute atomic E-state index is 9.51. The summed E-state index contributed by atoms with van der Waals surface area (Å²) in [5, 5.41) is 23.2. The molecular weight excluding hydrogens is 432 g/mol. The number of nitrogens with one attached hydrogen (secondary N) is 1. The number of nitrogens with zero attached hydrogens (tertiary/aromatic N) is 7. The van der Waals surface area contributed by atoms with Crippen molar-refractivity contribution in [2.45, 2.75) is 6.54 Å². The average molecular weight is 457 g/mol. The van der Waals surface area contributed by atoms with Gasteiger partial charge in [-0.2, -0.15) is 10.5 Å². The molecule has 0 atom stereocenters. The maximum atomic E-state index is 9.51. The van der Waals surface area contributed by atoms with Crippen molar-refractivity contribution in [2.75, 3.05) is 45.3 Å². The van der Waals surface area contributed by atoms with E-state index in [2.05, 4.69) is 25.2 Å². The van der Waals surface area contributed by atoms with Gasteiger partial charge in [0.2, 0.25) is 0 Å². The summed E-state index contributed by atoms with van der Waals surface area (Å²) in [6, 6.07) is 11.6. The predicted octanol–water partition coefficient (Wildman–Crippen LogP) is 2.21. The number of fused-ring (bicyclic) bond motifs is 1. The van der Waals surface area contributed by atoms with Crippen LogP contribution in [0.25, 0.3) is 10.9 Å². The molecule has 0 spiro atoms. The van der Waals surface area contributed by atoms with Gasteiger partial charge in [-0.3, -0.25) is 4.98 Å². The number of methoxy groups -OCH3 is 2. The molecule has 1 aliphatic rings. The minimum atomic E-state index is 0.0619. The first-order chi connectivity index (χ1) is 16.7. The van der Waals surface area contributed by atoms with Crippen molar-refractivity contribution in [3.63, 3.8) is 0 Å². The molecule has 0 aliphatic carbocycles. The zero-order valence-electron chi connectivity index (χ0n) is 19.0. The monoisotopic (exact) mass is 456 g/mol. The Hall–Kier alpha value is -4.57. The molecule has 0 saturated carbocycles. The second-order valence-corrected chi connectivity index (χ2v) is 7.55. The first kappa shape index (κ1) is 22.6. The van der Waals surface area contributed by atoms with E-state index in [0.29, 0.717) is 50.0 Å². The molecule has 4 rings (SSSR count). The highest BCUT2D eigenvalue weighted by molar-refractivity contribution is 5.92. The van der Waals surface area contributed by atoms with Gasteiger partial charge in [-0.15, -0.1) is 0 Å². The van der Waals surface area contributed by atoms with E-state index in [9.17, 15) is 10.5 Å². The third-order valence-electron chi connectivity index (χ3n) is 5.68. The fraction of sp³-hybridized carbons (Fsp3) is 0.292. The largest absolute Gasteiger partial charge is 0.493 e. The highest BCUT2D eigenvalue weighted by Gasteiger charge is 2.24. The summed E-state index contributed by atoms with van der Waals surface area (Å²) >= 11 is 0. The van der Waals surface area contributed by atoms with E-state index in [0.717, 1.165) is 22.3 Å². The molecule has 172 valence electrons. The second-order valence-electron chi connectivity index (χ2n) is 7.55. The summed E-state index contributed by atoms with van der Waals surface area (Å²) < 4.78 is 10.9. The maximum Gasteiger partial charge on any atom is 0.169 e. The van der Waals surface area contributed by atoms with Crippen molar-refractivity contribution < 1.29 is 9.47 Å². The number of ether oxygens (including phenoxy) is 2. The van der Waals surface area contributed by atoms with E-state index < -0.39 is 0 Å². The van der Waals surface area contributed by atoms with Crippen LogP contribution >= 0.6 is 0 Å². The smallest absolute Gasteiger partial charge is 0.169 e. The molecule has 3 heterocycles. The number of piperazine rings is 1. The number of benzene rings is 1.